The predicted octanol–water partition coefficient (Wildman–Crippen LogP) is 3.34. The van der Waals surface area contributed by atoms with Crippen LogP contribution in [0.15, 0.2) is 42.5 Å². The van der Waals surface area contributed by atoms with Crippen molar-refractivity contribution in [1.82, 2.24) is 0 Å². The van der Waals surface area contributed by atoms with Gasteiger partial charge in [0.2, 0.25) is 0 Å². The van der Waals surface area contributed by atoms with Crippen molar-refractivity contribution in [3.8, 4) is 0 Å². The fourth-order valence-electron chi connectivity index (χ4n) is 1.74. The van der Waals surface area contributed by atoms with Crippen LogP contribution in [0.4, 0.5) is 4.39 Å². The number of rotatable bonds is 3. The first-order valence-electron chi connectivity index (χ1n) is 5.37. The first-order valence-corrected chi connectivity index (χ1v) is 5.37. The largest absolute Gasteiger partial charge is 0.330 e. The number of halogens is 1. The number of benzene rings is 2. The van der Waals surface area contributed by atoms with Crippen LogP contribution in [0, 0.1) is 5.82 Å². The quantitative estimate of drug-likeness (QED) is 0.834. The van der Waals surface area contributed by atoms with E-state index in [0.717, 1.165) is 17.4 Å². The van der Waals surface area contributed by atoms with Crippen LogP contribution in [-0.2, 0) is 0 Å². The Balaban J connectivity index is 2.50. The normalized spacial score (nSPS) is 11.4. The van der Waals surface area contributed by atoms with Crippen LogP contribution in [0.25, 0.3) is 16.8 Å². The van der Waals surface area contributed by atoms with Gasteiger partial charge in [-0.2, -0.15) is 0 Å². The molecular formula is C14H14FN. The summed E-state index contributed by atoms with van der Waals surface area (Å²) in [5.74, 6) is -0.174. The summed E-state index contributed by atoms with van der Waals surface area (Å²) >= 11 is 0. The summed E-state index contributed by atoms with van der Waals surface area (Å²) in [5.41, 5.74) is 6.45. The monoisotopic (exact) mass is 215 g/mol. The fraction of sp³-hybridized carbons (Fsp3) is 0.143. The molecule has 2 heteroatoms. The summed E-state index contributed by atoms with van der Waals surface area (Å²) in [5, 5.41) is 1.60. The zero-order chi connectivity index (χ0) is 11.4. The Kier molecular flexibility index (Phi) is 3.32. The molecular weight excluding hydrogens is 201 g/mol. The van der Waals surface area contributed by atoms with Gasteiger partial charge in [-0.05, 0) is 30.0 Å². The Labute approximate surface area is 94.4 Å². The summed E-state index contributed by atoms with van der Waals surface area (Å²) < 4.78 is 13.5. The second-order valence-corrected chi connectivity index (χ2v) is 3.66. The highest BCUT2D eigenvalue weighted by Gasteiger charge is 2.02. The van der Waals surface area contributed by atoms with Gasteiger partial charge in [0.1, 0.15) is 5.82 Å². The predicted molar refractivity (Wildman–Crippen MR) is 66.6 cm³/mol. The number of fused-ring (bicyclic) bond motifs is 1. The van der Waals surface area contributed by atoms with Gasteiger partial charge in [-0.1, -0.05) is 42.5 Å². The van der Waals surface area contributed by atoms with Crippen molar-refractivity contribution in [2.75, 3.05) is 6.54 Å². The minimum atomic E-state index is -0.174. The molecule has 0 spiro atoms. The smallest absolute Gasteiger partial charge is 0.131 e. The lowest BCUT2D eigenvalue weighted by Crippen LogP contribution is -1.95. The van der Waals surface area contributed by atoms with Gasteiger partial charge in [-0.3, -0.25) is 0 Å². The molecule has 2 aromatic carbocycles. The van der Waals surface area contributed by atoms with Crippen LogP contribution in [0.5, 0.6) is 0 Å². The van der Waals surface area contributed by atoms with Crippen LogP contribution in [0.2, 0.25) is 0 Å². The molecule has 0 bridgehead atoms. The van der Waals surface area contributed by atoms with Crippen LogP contribution in [0.3, 0.4) is 0 Å². The molecule has 0 amide bonds. The first kappa shape index (κ1) is 10.8. The molecule has 82 valence electrons. The minimum Gasteiger partial charge on any atom is -0.330 e. The summed E-state index contributed by atoms with van der Waals surface area (Å²) in [7, 11) is 0. The van der Waals surface area contributed by atoms with Gasteiger partial charge in [-0.15, -0.1) is 0 Å². The van der Waals surface area contributed by atoms with Crippen LogP contribution in [0.1, 0.15) is 12.0 Å². The van der Waals surface area contributed by atoms with E-state index in [2.05, 4.69) is 0 Å². The molecule has 0 aromatic heterocycles. The SMILES string of the molecule is NCCC=Cc1ccc(F)c2ccccc12. The third-order valence-corrected chi connectivity index (χ3v) is 2.54. The highest BCUT2D eigenvalue weighted by atomic mass is 19.1. The Hall–Kier alpha value is -1.67. The maximum Gasteiger partial charge on any atom is 0.131 e. The third kappa shape index (κ3) is 2.12. The van der Waals surface area contributed by atoms with E-state index in [1.54, 1.807) is 12.1 Å². The molecule has 0 aliphatic rings. The van der Waals surface area contributed by atoms with Crippen molar-refractivity contribution in [2.45, 2.75) is 6.42 Å². The lowest BCUT2D eigenvalue weighted by molar-refractivity contribution is 0.640. The number of hydrogen-bond acceptors (Lipinski definition) is 1. The van der Waals surface area contributed by atoms with Crippen molar-refractivity contribution in [1.29, 1.82) is 0 Å². The molecule has 0 saturated carbocycles. The van der Waals surface area contributed by atoms with Gasteiger partial charge in [0.15, 0.2) is 0 Å². The maximum atomic E-state index is 13.5. The molecule has 0 heterocycles. The standard InChI is InChI=1S/C14H14FN/c15-14-9-8-11(5-3-4-10-16)12-6-1-2-7-13(12)14/h1-3,5-9H,4,10,16H2. The van der Waals surface area contributed by atoms with Gasteiger partial charge in [0, 0.05) is 5.39 Å². The summed E-state index contributed by atoms with van der Waals surface area (Å²) in [6.45, 7) is 0.635. The van der Waals surface area contributed by atoms with Gasteiger partial charge < -0.3 is 5.73 Å². The van der Waals surface area contributed by atoms with Crippen LogP contribution in [-0.4, -0.2) is 6.54 Å². The Morgan fingerprint density at radius 2 is 1.81 bits per heavy atom. The minimum absolute atomic E-state index is 0.174. The molecule has 0 atom stereocenters. The molecule has 0 unspecified atom stereocenters. The van der Waals surface area contributed by atoms with E-state index < -0.39 is 0 Å². The zero-order valence-corrected chi connectivity index (χ0v) is 8.99. The van der Waals surface area contributed by atoms with Crippen molar-refractivity contribution in [3.63, 3.8) is 0 Å². The highest BCUT2D eigenvalue weighted by Crippen LogP contribution is 2.22. The van der Waals surface area contributed by atoms with Crippen molar-refractivity contribution >= 4 is 16.8 Å². The molecule has 0 saturated heterocycles. The van der Waals surface area contributed by atoms with Gasteiger partial charge in [0.05, 0.1) is 0 Å². The molecule has 0 aliphatic carbocycles. The molecule has 1 nitrogen and oxygen atoms in total. The molecule has 2 N–H and O–H groups in total. The average Bonchev–Trinajstić information content (AvgIpc) is 2.33. The lowest BCUT2D eigenvalue weighted by Gasteiger charge is -2.03. The van der Waals surface area contributed by atoms with Gasteiger partial charge >= 0.3 is 0 Å². The molecule has 0 radical (unpaired) electrons. The number of hydrogen-bond donors (Lipinski definition) is 1. The Bertz CT molecular complexity index is 517. The van der Waals surface area contributed by atoms with E-state index in [4.69, 9.17) is 5.73 Å². The fourth-order valence-corrected chi connectivity index (χ4v) is 1.74. The molecule has 2 aromatic rings. The van der Waals surface area contributed by atoms with E-state index in [9.17, 15) is 4.39 Å². The van der Waals surface area contributed by atoms with Crippen molar-refractivity contribution in [2.24, 2.45) is 5.73 Å². The van der Waals surface area contributed by atoms with Crippen LogP contribution >= 0.6 is 0 Å². The van der Waals surface area contributed by atoms with Gasteiger partial charge in [0.25, 0.3) is 0 Å². The second kappa shape index (κ2) is 4.90. The Morgan fingerprint density at radius 3 is 2.56 bits per heavy atom. The zero-order valence-electron chi connectivity index (χ0n) is 8.99. The third-order valence-electron chi connectivity index (χ3n) is 2.54. The maximum absolute atomic E-state index is 13.5. The average molecular weight is 215 g/mol. The van der Waals surface area contributed by atoms with E-state index >= 15 is 0 Å². The second-order valence-electron chi connectivity index (χ2n) is 3.66. The van der Waals surface area contributed by atoms with Crippen molar-refractivity contribution < 1.29 is 4.39 Å². The van der Waals surface area contributed by atoms with E-state index in [0.29, 0.717) is 11.9 Å². The van der Waals surface area contributed by atoms with E-state index in [1.807, 2.05) is 30.4 Å². The van der Waals surface area contributed by atoms with Gasteiger partial charge in [-0.25, -0.2) is 4.39 Å². The molecule has 0 fully saturated rings. The topological polar surface area (TPSA) is 26.0 Å². The van der Waals surface area contributed by atoms with E-state index in [1.165, 1.54) is 6.07 Å². The summed E-state index contributed by atoms with van der Waals surface area (Å²) in [6.07, 6.45) is 4.85. The first-order chi connectivity index (χ1) is 7.83. The Morgan fingerprint density at radius 1 is 1.06 bits per heavy atom. The summed E-state index contributed by atoms with van der Waals surface area (Å²) in [4.78, 5) is 0. The van der Waals surface area contributed by atoms with Crippen LogP contribution < -0.4 is 5.73 Å². The molecule has 2 rings (SSSR count). The highest BCUT2D eigenvalue weighted by molar-refractivity contribution is 5.90. The lowest BCUT2D eigenvalue weighted by atomic mass is 10.0. The van der Waals surface area contributed by atoms with E-state index in [-0.39, 0.29) is 5.82 Å². The molecule has 16 heavy (non-hydrogen) atoms. The number of nitrogens with two attached hydrogens (primary N) is 1. The van der Waals surface area contributed by atoms with Crippen molar-refractivity contribution in [3.05, 3.63) is 53.9 Å². The molecule has 0 aliphatic heterocycles. The summed E-state index contributed by atoms with van der Waals surface area (Å²) in [6, 6.07) is 10.8.